The molecule has 0 radical (unpaired) electrons. The minimum atomic E-state index is -0.0665. The van der Waals surface area contributed by atoms with E-state index in [-0.39, 0.29) is 5.91 Å². The average Bonchev–Trinajstić information content (AvgIpc) is 3.06. The van der Waals surface area contributed by atoms with E-state index >= 15 is 0 Å². The third-order valence-corrected chi connectivity index (χ3v) is 4.44. The third kappa shape index (κ3) is 2.54. The summed E-state index contributed by atoms with van der Waals surface area (Å²) >= 11 is 0. The van der Waals surface area contributed by atoms with Crippen LogP contribution in [-0.4, -0.2) is 24.0 Å². The number of carbonyl (C=O) groups excluding carboxylic acids is 1. The van der Waals surface area contributed by atoms with E-state index in [1.807, 2.05) is 42.2 Å². The summed E-state index contributed by atoms with van der Waals surface area (Å²) in [6.07, 6.45) is 0.881. The van der Waals surface area contributed by atoms with E-state index in [4.69, 9.17) is 9.15 Å². The number of furan rings is 1. The molecular weight excluding hydrogens is 302 g/mol. The summed E-state index contributed by atoms with van der Waals surface area (Å²) in [6.45, 7) is 3.83. The fourth-order valence-electron chi connectivity index (χ4n) is 3.24. The summed E-state index contributed by atoms with van der Waals surface area (Å²) < 4.78 is 11.4. The van der Waals surface area contributed by atoms with Crippen LogP contribution in [0.3, 0.4) is 0 Å². The van der Waals surface area contributed by atoms with Gasteiger partial charge in [0, 0.05) is 18.5 Å². The maximum Gasteiger partial charge on any atom is 0.289 e. The molecule has 0 unspecified atom stereocenters. The molecule has 3 aromatic rings. The molecule has 122 valence electrons. The highest BCUT2D eigenvalue weighted by molar-refractivity contribution is 5.97. The van der Waals surface area contributed by atoms with Crippen molar-refractivity contribution in [2.75, 3.05) is 13.2 Å². The van der Waals surface area contributed by atoms with Gasteiger partial charge in [-0.2, -0.15) is 0 Å². The van der Waals surface area contributed by atoms with Crippen molar-refractivity contribution in [3.05, 3.63) is 65.4 Å². The molecule has 1 aromatic heterocycles. The molecule has 0 aliphatic carbocycles. The molecule has 0 N–H and O–H groups in total. The van der Waals surface area contributed by atoms with Crippen molar-refractivity contribution in [1.29, 1.82) is 0 Å². The summed E-state index contributed by atoms with van der Waals surface area (Å²) in [5.74, 6) is 0.984. The van der Waals surface area contributed by atoms with E-state index in [1.165, 1.54) is 11.1 Å². The Morgan fingerprint density at radius 1 is 1.17 bits per heavy atom. The highest BCUT2D eigenvalue weighted by atomic mass is 16.5. The lowest BCUT2D eigenvalue weighted by atomic mass is 10.00. The van der Waals surface area contributed by atoms with Gasteiger partial charge in [-0.05, 0) is 36.6 Å². The van der Waals surface area contributed by atoms with E-state index in [1.54, 1.807) is 6.07 Å². The Kier molecular flexibility index (Phi) is 3.73. The maximum absolute atomic E-state index is 12.8. The summed E-state index contributed by atoms with van der Waals surface area (Å²) in [7, 11) is 0. The van der Waals surface area contributed by atoms with Gasteiger partial charge in [0.1, 0.15) is 0 Å². The molecule has 0 atom stereocenters. The van der Waals surface area contributed by atoms with Gasteiger partial charge in [-0.1, -0.05) is 36.4 Å². The van der Waals surface area contributed by atoms with E-state index in [0.29, 0.717) is 36.8 Å². The number of benzene rings is 2. The SMILES string of the molecule is CCOc1cccc2cc(C(=O)N3CCc4ccccc4C3)oc12. The number of fused-ring (bicyclic) bond motifs is 2. The number of hydrogen-bond donors (Lipinski definition) is 0. The Hall–Kier alpha value is -2.75. The second-order valence-electron chi connectivity index (χ2n) is 5.96. The standard InChI is InChI=1S/C20H19NO3/c1-2-23-17-9-5-8-15-12-18(24-19(15)17)20(22)21-11-10-14-6-3-4-7-16(14)13-21/h3-9,12H,2,10-11,13H2,1H3. The predicted octanol–water partition coefficient (Wildman–Crippen LogP) is 4.03. The first-order valence-corrected chi connectivity index (χ1v) is 8.27. The minimum Gasteiger partial charge on any atom is -0.490 e. The molecule has 4 nitrogen and oxygen atoms in total. The Labute approximate surface area is 140 Å². The van der Waals surface area contributed by atoms with Crippen LogP contribution in [0.25, 0.3) is 11.0 Å². The minimum absolute atomic E-state index is 0.0665. The van der Waals surface area contributed by atoms with Gasteiger partial charge < -0.3 is 14.1 Å². The highest BCUT2D eigenvalue weighted by Gasteiger charge is 2.24. The van der Waals surface area contributed by atoms with Crippen molar-refractivity contribution in [2.24, 2.45) is 0 Å². The Bertz CT molecular complexity index is 897. The molecule has 1 amide bonds. The van der Waals surface area contributed by atoms with Gasteiger partial charge in [0.15, 0.2) is 17.1 Å². The van der Waals surface area contributed by atoms with Gasteiger partial charge in [-0.15, -0.1) is 0 Å². The molecule has 0 fully saturated rings. The van der Waals surface area contributed by atoms with E-state index in [2.05, 4.69) is 12.1 Å². The van der Waals surface area contributed by atoms with Crippen molar-refractivity contribution >= 4 is 16.9 Å². The van der Waals surface area contributed by atoms with E-state index in [0.717, 1.165) is 11.8 Å². The molecule has 1 aliphatic heterocycles. The first kappa shape index (κ1) is 14.8. The van der Waals surface area contributed by atoms with Crippen molar-refractivity contribution in [3.63, 3.8) is 0 Å². The summed E-state index contributed by atoms with van der Waals surface area (Å²) in [5.41, 5.74) is 3.17. The van der Waals surface area contributed by atoms with Crippen molar-refractivity contribution in [1.82, 2.24) is 4.90 Å². The number of rotatable bonds is 3. The summed E-state index contributed by atoms with van der Waals surface area (Å²) in [6, 6.07) is 15.8. The number of amides is 1. The summed E-state index contributed by atoms with van der Waals surface area (Å²) in [5, 5.41) is 0.890. The molecule has 24 heavy (non-hydrogen) atoms. The Morgan fingerprint density at radius 3 is 2.83 bits per heavy atom. The first-order valence-electron chi connectivity index (χ1n) is 8.27. The highest BCUT2D eigenvalue weighted by Crippen LogP contribution is 2.30. The van der Waals surface area contributed by atoms with Crippen LogP contribution in [0, 0.1) is 0 Å². The number of hydrogen-bond acceptors (Lipinski definition) is 3. The predicted molar refractivity (Wildman–Crippen MR) is 92.3 cm³/mol. The molecule has 1 aliphatic rings. The molecule has 4 rings (SSSR count). The average molecular weight is 321 g/mol. The molecular formula is C20H19NO3. The molecule has 0 spiro atoms. The van der Waals surface area contributed by atoms with E-state index < -0.39 is 0 Å². The van der Waals surface area contributed by atoms with Crippen LogP contribution in [0.15, 0.2) is 52.9 Å². The van der Waals surface area contributed by atoms with Crippen LogP contribution >= 0.6 is 0 Å². The third-order valence-electron chi connectivity index (χ3n) is 4.44. The quantitative estimate of drug-likeness (QED) is 0.731. The normalized spacial score (nSPS) is 13.8. The maximum atomic E-state index is 12.8. The molecule has 2 aromatic carbocycles. The molecule has 0 saturated heterocycles. The van der Waals surface area contributed by atoms with Crippen LogP contribution in [0.4, 0.5) is 0 Å². The van der Waals surface area contributed by atoms with E-state index in [9.17, 15) is 4.79 Å². The number of ether oxygens (including phenoxy) is 1. The van der Waals surface area contributed by atoms with Gasteiger partial charge in [0.2, 0.25) is 0 Å². The fourth-order valence-corrected chi connectivity index (χ4v) is 3.24. The zero-order valence-electron chi connectivity index (χ0n) is 13.6. The first-order chi connectivity index (χ1) is 11.8. The van der Waals surface area contributed by atoms with Crippen molar-refractivity contribution in [2.45, 2.75) is 19.9 Å². The zero-order chi connectivity index (χ0) is 16.5. The number of carbonyl (C=O) groups is 1. The van der Waals surface area contributed by atoms with Gasteiger partial charge >= 0.3 is 0 Å². The second kappa shape index (κ2) is 6.04. The Balaban J connectivity index is 1.63. The van der Waals surface area contributed by atoms with Crippen LogP contribution in [-0.2, 0) is 13.0 Å². The monoisotopic (exact) mass is 321 g/mol. The van der Waals surface area contributed by atoms with Gasteiger partial charge in [-0.3, -0.25) is 4.79 Å². The van der Waals surface area contributed by atoms with Gasteiger partial charge in [-0.25, -0.2) is 0 Å². The lowest BCUT2D eigenvalue weighted by molar-refractivity contribution is 0.0704. The fraction of sp³-hybridized carbons (Fsp3) is 0.250. The Morgan fingerprint density at radius 2 is 2.00 bits per heavy atom. The van der Waals surface area contributed by atoms with Gasteiger partial charge in [0.25, 0.3) is 5.91 Å². The number of nitrogens with zero attached hydrogens (tertiary/aromatic N) is 1. The lowest BCUT2D eigenvalue weighted by Gasteiger charge is -2.28. The topological polar surface area (TPSA) is 42.7 Å². The largest absolute Gasteiger partial charge is 0.490 e. The molecule has 4 heteroatoms. The van der Waals surface area contributed by atoms with Crippen LogP contribution in [0.2, 0.25) is 0 Å². The number of para-hydroxylation sites is 1. The smallest absolute Gasteiger partial charge is 0.289 e. The molecule has 0 saturated carbocycles. The van der Waals surface area contributed by atoms with Crippen LogP contribution < -0.4 is 4.74 Å². The van der Waals surface area contributed by atoms with Crippen molar-refractivity contribution < 1.29 is 13.9 Å². The molecule has 2 heterocycles. The second-order valence-corrected chi connectivity index (χ2v) is 5.96. The van der Waals surface area contributed by atoms with Crippen LogP contribution in [0.5, 0.6) is 5.75 Å². The van der Waals surface area contributed by atoms with Gasteiger partial charge in [0.05, 0.1) is 6.61 Å². The lowest BCUT2D eigenvalue weighted by Crippen LogP contribution is -2.35. The summed E-state index contributed by atoms with van der Waals surface area (Å²) in [4.78, 5) is 14.7. The molecule has 0 bridgehead atoms. The van der Waals surface area contributed by atoms with Crippen molar-refractivity contribution in [3.8, 4) is 5.75 Å². The van der Waals surface area contributed by atoms with Crippen LogP contribution in [0.1, 0.15) is 28.6 Å². The zero-order valence-corrected chi connectivity index (χ0v) is 13.6.